The Kier molecular flexibility index (Phi) is 5.57. The summed E-state index contributed by atoms with van der Waals surface area (Å²) in [6.07, 6.45) is 9.05. The van der Waals surface area contributed by atoms with Gasteiger partial charge < -0.3 is 5.11 Å². The predicted molar refractivity (Wildman–Crippen MR) is 114 cm³/mol. The van der Waals surface area contributed by atoms with Crippen LogP contribution in [0.3, 0.4) is 0 Å². The Balaban J connectivity index is 1.91. The minimum Gasteiger partial charge on any atom is -0.480 e. The van der Waals surface area contributed by atoms with Gasteiger partial charge in [-0.2, -0.15) is 0 Å². The Bertz CT molecular complexity index is 683. The van der Waals surface area contributed by atoms with Gasteiger partial charge in [0, 0.05) is 0 Å². The quantitative estimate of drug-likeness (QED) is 0.608. The zero-order chi connectivity index (χ0) is 19.9. The first kappa shape index (κ1) is 19.9. The predicted octanol–water partition coefficient (Wildman–Crippen LogP) is 5.89. The maximum Gasteiger partial charge on any atom is 0.328 e. The molecule has 0 amide bonds. The lowest BCUT2D eigenvalue weighted by molar-refractivity contribution is -0.155. The summed E-state index contributed by atoms with van der Waals surface area (Å²) in [5, 5.41) is 10.7. The summed E-state index contributed by atoms with van der Waals surface area (Å²) in [4.78, 5) is 15.4. The van der Waals surface area contributed by atoms with Gasteiger partial charge in [0.25, 0.3) is 0 Å². The maximum absolute atomic E-state index is 13.0. The average Bonchev–Trinajstić information content (AvgIpc) is 3.58. The molecule has 3 atom stereocenters. The van der Waals surface area contributed by atoms with Crippen LogP contribution in [0.4, 0.5) is 0 Å². The van der Waals surface area contributed by atoms with E-state index >= 15 is 0 Å². The SMILES string of the molecule is CCCN1CCCCC1(C(=O)O)c1c([C@H](C)C2CC2)cccc1[C@H](C)C1CC1. The summed E-state index contributed by atoms with van der Waals surface area (Å²) < 4.78 is 0. The number of hydrogen-bond donors (Lipinski definition) is 1. The summed E-state index contributed by atoms with van der Waals surface area (Å²) in [7, 11) is 0. The molecular formula is C25H37NO2. The molecule has 1 unspecified atom stereocenters. The van der Waals surface area contributed by atoms with Gasteiger partial charge in [-0.05, 0) is 105 Å². The Morgan fingerprint density at radius 3 is 2.14 bits per heavy atom. The number of rotatable bonds is 8. The number of benzene rings is 1. The van der Waals surface area contributed by atoms with Gasteiger partial charge in [-0.25, -0.2) is 4.79 Å². The number of carboxylic acids is 1. The summed E-state index contributed by atoms with van der Waals surface area (Å²) in [6.45, 7) is 8.63. The van der Waals surface area contributed by atoms with Gasteiger partial charge in [-0.1, -0.05) is 39.0 Å². The normalized spacial score (nSPS) is 28.1. The van der Waals surface area contributed by atoms with Crippen LogP contribution in [0.15, 0.2) is 18.2 Å². The van der Waals surface area contributed by atoms with Crippen LogP contribution in [0.1, 0.15) is 101 Å². The third-order valence-corrected chi connectivity index (χ3v) is 7.79. The van der Waals surface area contributed by atoms with Gasteiger partial charge in [-0.15, -0.1) is 0 Å². The molecular weight excluding hydrogens is 346 g/mol. The molecule has 2 aliphatic carbocycles. The van der Waals surface area contributed by atoms with Crippen LogP contribution in [0.25, 0.3) is 0 Å². The highest BCUT2D eigenvalue weighted by molar-refractivity contribution is 5.82. The fraction of sp³-hybridized carbons (Fsp3) is 0.720. The standard InChI is InChI=1S/C25H37NO2/c1-4-15-26-16-6-5-14-25(26,24(27)28)23-21(17(2)19-10-11-19)8-7-9-22(23)18(3)20-12-13-20/h7-9,17-20H,4-6,10-16H2,1-3H3,(H,27,28)/t17-,18-,25?/m1/s1. The number of carbonyl (C=O) groups is 1. The highest BCUT2D eigenvalue weighted by atomic mass is 16.4. The molecule has 1 aromatic rings. The van der Waals surface area contributed by atoms with Crippen molar-refractivity contribution >= 4 is 5.97 Å². The van der Waals surface area contributed by atoms with E-state index in [0.29, 0.717) is 11.8 Å². The van der Waals surface area contributed by atoms with Crippen LogP contribution < -0.4 is 0 Å². The van der Waals surface area contributed by atoms with E-state index in [4.69, 9.17) is 0 Å². The number of carboxylic acid groups (broad SMARTS) is 1. The van der Waals surface area contributed by atoms with Crippen molar-refractivity contribution in [3.8, 4) is 0 Å². The van der Waals surface area contributed by atoms with Crippen molar-refractivity contribution in [2.24, 2.45) is 11.8 Å². The van der Waals surface area contributed by atoms with Crippen molar-refractivity contribution < 1.29 is 9.90 Å². The molecule has 2 saturated carbocycles. The molecule has 0 radical (unpaired) electrons. The van der Waals surface area contributed by atoms with Crippen molar-refractivity contribution in [2.75, 3.05) is 13.1 Å². The molecule has 1 saturated heterocycles. The monoisotopic (exact) mass is 383 g/mol. The second kappa shape index (κ2) is 7.82. The molecule has 0 aromatic heterocycles. The summed E-state index contributed by atoms with van der Waals surface area (Å²) in [6, 6.07) is 6.71. The Morgan fingerprint density at radius 2 is 1.68 bits per heavy atom. The van der Waals surface area contributed by atoms with E-state index in [9.17, 15) is 9.90 Å². The van der Waals surface area contributed by atoms with Crippen LogP contribution in [0.5, 0.6) is 0 Å². The van der Waals surface area contributed by atoms with E-state index in [2.05, 4.69) is 43.9 Å². The smallest absolute Gasteiger partial charge is 0.328 e. The lowest BCUT2D eigenvalue weighted by atomic mass is 9.71. The van der Waals surface area contributed by atoms with E-state index < -0.39 is 11.5 Å². The number of hydrogen-bond acceptors (Lipinski definition) is 2. The van der Waals surface area contributed by atoms with Gasteiger partial charge in [0.2, 0.25) is 0 Å². The molecule has 0 bridgehead atoms. The number of piperidine rings is 1. The lowest BCUT2D eigenvalue weighted by Gasteiger charge is -2.47. The number of nitrogens with zero attached hydrogens (tertiary/aromatic N) is 1. The zero-order valence-electron chi connectivity index (χ0n) is 17.9. The van der Waals surface area contributed by atoms with Crippen molar-refractivity contribution in [3.63, 3.8) is 0 Å². The van der Waals surface area contributed by atoms with Gasteiger partial charge in [0.15, 0.2) is 0 Å². The van der Waals surface area contributed by atoms with E-state index in [-0.39, 0.29) is 0 Å². The third-order valence-electron chi connectivity index (χ3n) is 7.79. The van der Waals surface area contributed by atoms with Gasteiger partial charge in [0.05, 0.1) is 0 Å². The molecule has 1 N–H and O–H groups in total. The summed E-state index contributed by atoms with van der Waals surface area (Å²) >= 11 is 0. The molecule has 3 nitrogen and oxygen atoms in total. The van der Waals surface area contributed by atoms with Crippen LogP contribution in [0.2, 0.25) is 0 Å². The molecule has 1 heterocycles. The molecule has 3 aliphatic rings. The fourth-order valence-electron chi connectivity index (χ4n) is 5.76. The second-order valence-corrected chi connectivity index (χ2v) is 9.67. The van der Waals surface area contributed by atoms with Crippen LogP contribution in [-0.4, -0.2) is 29.1 Å². The topological polar surface area (TPSA) is 40.5 Å². The van der Waals surface area contributed by atoms with Gasteiger partial charge >= 0.3 is 5.97 Å². The number of likely N-dealkylation sites (tertiary alicyclic amines) is 1. The molecule has 154 valence electrons. The molecule has 3 fully saturated rings. The summed E-state index contributed by atoms with van der Waals surface area (Å²) in [5.41, 5.74) is 3.01. The van der Waals surface area contributed by atoms with Crippen LogP contribution in [-0.2, 0) is 10.3 Å². The molecule has 0 spiro atoms. The lowest BCUT2D eigenvalue weighted by Crippen LogP contribution is -2.56. The largest absolute Gasteiger partial charge is 0.480 e. The van der Waals surface area contributed by atoms with Crippen molar-refractivity contribution in [3.05, 3.63) is 34.9 Å². The van der Waals surface area contributed by atoms with Crippen LogP contribution >= 0.6 is 0 Å². The van der Waals surface area contributed by atoms with E-state index in [1.165, 1.54) is 42.4 Å². The molecule has 1 aromatic carbocycles. The maximum atomic E-state index is 13.0. The van der Waals surface area contributed by atoms with Crippen molar-refractivity contribution in [1.29, 1.82) is 0 Å². The van der Waals surface area contributed by atoms with Gasteiger partial charge in [0.1, 0.15) is 5.54 Å². The first-order valence-corrected chi connectivity index (χ1v) is 11.6. The van der Waals surface area contributed by atoms with E-state index in [1.807, 2.05) is 0 Å². The van der Waals surface area contributed by atoms with Gasteiger partial charge in [-0.3, -0.25) is 4.90 Å². The van der Waals surface area contributed by atoms with Crippen molar-refractivity contribution in [2.45, 2.75) is 89.5 Å². The minimum absolute atomic E-state index is 0.461. The minimum atomic E-state index is -0.841. The zero-order valence-corrected chi connectivity index (χ0v) is 17.9. The van der Waals surface area contributed by atoms with E-state index in [0.717, 1.165) is 50.6 Å². The highest BCUT2D eigenvalue weighted by Crippen LogP contribution is 2.52. The highest BCUT2D eigenvalue weighted by Gasteiger charge is 2.51. The Labute approximate surface area is 170 Å². The average molecular weight is 384 g/mol. The van der Waals surface area contributed by atoms with E-state index in [1.54, 1.807) is 0 Å². The fourth-order valence-corrected chi connectivity index (χ4v) is 5.76. The van der Waals surface area contributed by atoms with Crippen molar-refractivity contribution in [1.82, 2.24) is 4.90 Å². The first-order chi connectivity index (χ1) is 13.5. The Hall–Kier alpha value is -1.35. The summed E-state index contributed by atoms with van der Waals surface area (Å²) in [5.74, 6) is 1.77. The molecule has 3 heteroatoms. The first-order valence-electron chi connectivity index (χ1n) is 11.6. The molecule has 1 aliphatic heterocycles. The molecule has 4 rings (SSSR count). The number of aliphatic carboxylic acids is 1. The molecule has 28 heavy (non-hydrogen) atoms. The second-order valence-electron chi connectivity index (χ2n) is 9.67. The third kappa shape index (κ3) is 3.40. The Morgan fingerprint density at radius 1 is 1.11 bits per heavy atom. The van der Waals surface area contributed by atoms with Crippen LogP contribution in [0, 0.1) is 11.8 Å².